The molecule has 0 amide bonds. The average Bonchev–Trinajstić information content (AvgIpc) is 2.91. The summed E-state index contributed by atoms with van der Waals surface area (Å²) in [5, 5.41) is 0. The third-order valence-corrected chi connectivity index (χ3v) is 4.68. The fraction of sp³-hybridized carbons (Fsp3) is 0.263. The zero-order valence-corrected chi connectivity index (χ0v) is 12.3. The molecule has 106 valence electrons. The van der Waals surface area contributed by atoms with Gasteiger partial charge in [0.1, 0.15) is 0 Å². The smallest absolute Gasteiger partial charge is 0.161 e. The van der Waals surface area contributed by atoms with Crippen LogP contribution in [-0.4, -0.2) is 14.2 Å². The highest BCUT2D eigenvalue weighted by Crippen LogP contribution is 2.50. The first kappa shape index (κ1) is 12.5. The molecular weight excluding hydrogens is 260 g/mol. The van der Waals surface area contributed by atoms with E-state index in [1.165, 1.54) is 34.2 Å². The van der Waals surface area contributed by atoms with Crippen molar-refractivity contribution in [3.63, 3.8) is 0 Å². The maximum atomic E-state index is 5.46. The van der Waals surface area contributed by atoms with Crippen LogP contribution in [0.3, 0.4) is 0 Å². The van der Waals surface area contributed by atoms with Crippen LogP contribution >= 0.6 is 0 Å². The molecule has 0 fully saturated rings. The highest BCUT2D eigenvalue weighted by molar-refractivity contribution is 5.94. The van der Waals surface area contributed by atoms with Gasteiger partial charge in [-0.05, 0) is 52.8 Å². The third-order valence-electron chi connectivity index (χ3n) is 4.68. The molecule has 2 heteroatoms. The summed E-state index contributed by atoms with van der Waals surface area (Å²) < 4.78 is 10.9. The summed E-state index contributed by atoms with van der Waals surface area (Å²) in [6.45, 7) is 0. The summed E-state index contributed by atoms with van der Waals surface area (Å²) in [6.07, 6.45) is 4.64. The molecule has 1 unspecified atom stereocenters. The van der Waals surface area contributed by atoms with Crippen LogP contribution in [0.2, 0.25) is 0 Å². The first-order valence-electron chi connectivity index (χ1n) is 7.37. The zero-order valence-electron chi connectivity index (χ0n) is 12.3. The Morgan fingerprint density at radius 3 is 2.57 bits per heavy atom. The highest BCUT2D eigenvalue weighted by atomic mass is 16.5. The Labute approximate surface area is 125 Å². The fourth-order valence-electron chi connectivity index (χ4n) is 3.67. The Bertz CT molecular complexity index is 743. The van der Waals surface area contributed by atoms with Crippen molar-refractivity contribution in [2.75, 3.05) is 14.2 Å². The number of fused-ring (bicyclic) bond motifs is 5. The molecule has 0 saturated carbocycles. The molecule has 0 aliphatic heterocycles. The van der Waals surface area contributed by atoms with Gasteiger partial charge in [0.2, 0.25) is 0 Å². The summed E-state index contributed by atoms with van der Waals surface area (Å²) in [5.74, 6) is 2.12. The van der Waals surface area contributed by atoms with Crippen molar-refractivity contribution in [1.82, 2.24) is 0 Å². The van der Waals surface area contributed by atoms with E-state index >= 15 is 0 Å². The molecule has 4 rings (SSSR count). The van der Waals surface area contributed by atoms with E-state index < -0.39 is 0 Å². The lowest BCUT2D eigenvalue weighted by Crippen LogP contribution is -2.09. The molecule has 0 bridgehead atoms. The van der Waals surface area contributed by atoms with Crippen LogP contribution in [0.1, 0.15) is 34.6 Å². The fourth-order valence-corrected chi connectivity index (χ4v) is 3.67. The Balaban J connectivity index is 1.87. The lowest BCUT2D eigenvalue weighted by atomic mass is 9.79. The zero-order chi connectivity index (χ0) is 14.4. The van der Waals surface area contributed by atoms with E-state index in [4.69, 9.17) is 9.47 Å². The number of hydrogen-bond donors (Lipinski definition) is 0. The second-order valence-corrected chi connectivity index (χ2v) is 5.68. The SMILES string of the molecule is COc1cc2c(cc1OC)C1CCc3ccccc3C1=C2. The molecule has 0 spiro atoms. The monoisotopic (exact) mass is 278 g/mol. The van der Waals surface area contributed by atoms with Crippen molar-refractivity contribution in [3.8, 4) is 11.5 Å². The van der Waals surface area contributed by atoms with Crippen LogP contribution in [0.4, 0.5) is 0 Å². The van der Waals surface area contributed by atoms with Crippen molar-refractivity contribution in [2.45, 2.75) is 18.8 Å². The number of hydrogen-bond acceptors (Lipinski definition) is 2. The number of allylic oxidation sites excluding steroid dienone is 1. The number of ether oxygens (including phenoxy) is 2. The maximum absolute atomic E-state index is 5.46. The Morgan fingerprint density at radius 1 is 1.00 bits per heavy atom. The van der Waals surface area contributed by atoms with Crippen LogP contribution in [0, 0.1) is 0 Å². The lowest BCUT2D eigenvalue weighted by Gasteiger charge is -2.25. The predicted molar refractivity (Wildman–Crippen MR) is 84.9 cm³/mol. The molecule has 21 heavy (non-hydrogen) atoms. The Morgan fingerprint density at radius 2 is 1.76 bits per heavy atom. The summed E-state index contributed by atoms with van der Waals surface area (Å²) in [4.78, 5) is 0. The van der Waals surface area contributed by atoms with Gasteiger partial charge in [0, 0.05) is 5.92 Å². The minimum absolute atomic E-state index is 0.495. The van der Waals surface area contributed by atoms with Crippen LogP contribution in [-0.2, 0) is 6.42 Å². The van der Waals surface area contributed by atoms with Gasteiger partial charge in [0.05, 0.1) is 14.2 Å². The molecule has 0 heterocycles. The van der Waals surface area contributed by atoms with Crippen LogP contribution < -0.4 is 9.47 Å². The van der Waals surface area contributed by atoms with Gasteiger partial charge in [-0.2, -0.15) is 0 Å². The first-order chi connectivity index (χ1) is 10.3. The van der Waals surface area contributed by atoms with Crippen LogP contribution in [0.15, 0.2) is 36.4 Å². The molecule has 2 nitrogen and oxygen atoms in total. The van der Waals surface area contributed by atoms with Crippen molar-refractivity contribution in [2.24, 2.45) is 0 Å². The summed E-state index contributed by atoms with van der Waals surface area (Å²) in [5.41, 5.74) is 6.96. The molecule has 2 aliphatic rings. The molecule has 0 saturated heterocycles. The summed E-state index contributed by atoms with van der Waals surface area (Å²) in [7, 11) is 3.39. The number of rotatable bonds is 2. The first-order valence-corrected chi connectivity index (χ1v) is 7.37. The molecule has 2 aromatic carbocycles. The van der Waals surface area contributed by atoms with Crippen LogP contribution in [0.25, 0.3) is 11.6 Å². The van der Waals surface area contributed by atoms with Gasteiger partial charge in [-0.1, -0.05) is 30.3 Å². The molecular formula is C19H18O2. The lowest BCUT2D eigenvalue weighted by molar-refractivity contribution is 0.354. The van der Waals surface area contributed by atoms with Gasteiger partial charge in [0.15, 0.2) is 11.5 Å². The minimum atomic E-state index is 0.495. The van der Waals surface area contributed by atoms with Crippen molar-refractivity contribution in [1.29, 1.82) is 0 Å². The second-order valence-electron chi connectivity index (χ2n) is 5.68. The van der Waals surface area contributed by atoms with Crippen LogP contribution in [0.5, 0.6) is 11.5 Å². The van der Waals surface area contributed by atoms with Gasteiger partial charge >= 0.3 is 0 Å². The van der Waals surface area contributed by atoms with E-state index in [0.29, 0.717) is 5.92 Å². The van der Waals surface area contributed by atoms with E-state index in [0.717, 1.165) is 17.9 Å². The molecule has 2 aromatic rings. The number of benzene rings is 2. The third kappa shape index (κ3) is 1.79. The van der Waals surface area contributed by atoms with E-state index in [-0.39, 0.29) is 0 Å². The van der Waals surface area contributed by atoms with E-state index in [2.05, 4.69) is 42.5 Å². The minimum Gasteiger partial charge on any atom is -0.493 e. The average molecular weight is 278 g/mol. The maximum Gasteiger partial charge on any atom is 0.161 e. The normalized spacial score (nSPS) is 18.4. The van der Waals surface area contributed by atoms with Crippen molar-refractivity contribution >= 4 is 11.6 Å². The highest BCUT2D eigenvalue weighted by Gasteiger charge is 2.31. The molecule has 0 N–H and O–H groups in total. The molecule has 1 atom stereocenters. The number of methoxy groups -OCH3 is 2. The van der Waals surface area contributed by atoms with Gasteiger partial charge in [-0.15, -0.1) is 0 Å². The summed E-state index contributed by atoms with van der Waals surface area (Å²) >= 11 is 0. The van der Waals surface area contributed by atoms with E-state index in [1.54, 1.807) is 14.2 Å². The van der Waals surface area contributed by atoms with E-state index in [1.807, 2.05) is 0 Å². The molecule has 2 aliphatic carbocycles. The standard InChI is InChI=1S/C19H18O2/c1-20-18-10-13-9-17-14-6-4-3-5-12(14)7-8-15(17)16(13)11-19(18)21-2/h3-6,9-11,15H,7-8H2,1-2H3. The predicted octanol–water partition coefficient (Wildman–Crippen LogP) is 4.29. The van der Waals surface area contributed by atoms with Gasteiger partial charge in [-0.25, -0.2) is 0 Å². The van der Waals surface area contributed by atoms with Crippen molar-refractivity contribution < 1.29 is 9.47 Å². The topological polar surface area (TPSA) is 18.5 Å². The summed E-state index contributed by atoms with van der Waals surface area (Å²) in [6, 6.07) is 13.0. The van der Waals surface area contributed by atoms with Gasteiger partial charge in [-0.3, -0.25) is 0 Å². The largest absolute Gasteiger partial charge is 0.493 e. The Kier molecular flexibility index (Phi) is 2.78. The van der Waals surface area contributed by atoms with Gasteiger partial charge in [0.25, 0.3) is 0 Å². The van der Waals surface area contributed by atoms with Crippen molar-refractivity contribution in [3.05, 3.63) is 58.7 Å². The second kappa shape index (κ2) is 4.66. The Hall–Kier alpha value is -2.22. The van der Waals surface area contributed by atoms with Gasteiger partial charge < -0.3 is 9.47 Å². The molecule has 0 radical (unpaired) electrons. The van der Waals surface area contributed by atoms with E-state index in [9.17, 15) is 0 Å². The molecule has 0 aromatic heterocycles. The quantitative estimate of drug-likeness (QED) is 0.816. The number of aryl methyl sites for hydroxylation is 1.